The summed E-state index contributed by atoms with van der Waals surface area (Å²) in [5, 5.41) is 3.15. The Labute approximate surface area is 92.8 Å². The molecule has 1 aliphatic heterocycles. The van der Waals surface area contributed by atoms with E-state index in [2.05, 4.69) is 12.2 Å². The summed E-state index contributed by atoms with van der Waals surface area (Å²) >= 11 is 0. The van der Waals surface area contributed by atoms with Crippen LogP contribution in [0, 0.1) is 6.92 Å². The van der Waals surface area contributed by atoms with Crippen LogP contribution in [0.4, 0.5) is 0 Å². The van der Waals surface area contributed by atoms with Crippen LogP contribution in [0.15, 0.2) is 0 Å². The molecule has 1 atom stereocenters. The Hall–Kier alpha value is 1.56. The molecule has 0 aromatic carbocycles. The molecule has 0 spiro atoms. The molecule has 0 amide bonds. The van der Waals surface area contributed by atoms with E-state index in [1.165, 1.54) is 0 Å². The van der Waals surface area contributed by atoms with E-state index in [0.717, 1.165) is 19.7 Å². The van der Waals surface area contributed by atoms with E-state index in [-0.39, 0.29) is 57.5 Å². The van der Waals surface area contributed by atoms with E-state index in [4.69, 9.17) is 4.74 Å². The van der Waals surface area contributed by atoms with E-state index < -0.39 is 0 Å². The second-order valence-corrected chi connectivity index (χ2v) is 1.70. The van der Waals surface area contributed by atoms with E-state index in [9.17, 15) is 0 Å². The first kappa shape index (κ1) is 9.56. The maximum atomic E-state index is 5.10. The van der Waals surface area contributed by atoms with Crippen LogP contribution in [0.1, 0.15) is 0 Å². The molecular formula is C5H10KNO. The van der Waals surface area contributed by atoms with Gasteiger partial charge in [-0.3, -0.25) is 0 Å². The van der Waals surface area contributed by atoms with Gasteiger partial charge in [0.05, 0.1) is 6.61 Å². The van der Waals surface area contributed by atoms with Crippen LogP contribution in [0.2, 0.25) is 0 Å². The van der Waals surface area contributed by atoms with Crippen LogP contribution in [0.25, 0.3) is 0 Å². The Balaban J connectivity index is 0.000000490. The summed E-state index contributed by atoms with van der Waals surface area (Å²) in [5.41, 5.74) is 0. The minimum Gasteiger partial charge on any atom is -0.408 e. The Morgan fingerprint density at radius 3 is 2.62 bits per heavy atom. The fourth-order valence-electron chi connectivity index (χ4n) is 0.620. The molecule has 0 radical (unpaired) electrons. The summed E-state index contributed by atoms with van der Waals surface area (Å²) in [7, 11) is 0. The molecule has 1 saturated heterocycles. The number of ether oxygens (including phenoxy) is 1. The van der Waals surface area contributed by atoms with Crippen LogP contribution >= 0.6 is 0 Å². The molecule has 1 unspecified atom stereocenters. The Bertz CT molecular complexity index is 54.4. The van der Waals surface area contributed by atoms with Crippen molar-refractivity contribution in [3.05, 3.63) is 6.92 Å². The zero-order valence-corrected chi connectivity index (χ0v) is 8.44. The van der Waals surface area contributed by atoms with Crippen molar-refractivity contribution >= 4 is 0 Å². The third-order valence-corrected chi connectivity index (χ3v) is 1.00. The maximum Gasteiger partial charge on any atom is 1.00 e. The van der Waals surface area contributed by atoms with Gasteiger partial charge in [0.1, 0.15) is 0 Å². The second kappa shape index (κ2) is 5.35. The smallest absolute Gasteiger partial charge is 0.408 e. The fraction of sp³-hybridized carbons (Fsp3) is 0.800. The number of hydrogen-bond acceptors (Lipinski definition) is 2. The molecule has 1 N–H and O–H groups in total. The van der Waals surface area contributed by atoms with E-state index in [0.29, 0.717) is 0 Å². The zero-order chi connectivity index (χ0) is 5.11. The molecule has 1 fully saturated rings. The Morgan fingerprint density at radius 1 is 1.62 bits per heavy atom. The average molecular weight is 139 g/mol. The third-order valence-electron chi connectivity index (χ3n) is 1.00. The molecule has 0 aromatic rings. The second-order valence-electron chi connectivity index (χ2n) is 1.70. The molecule has 0 saturated carbocycles. The van der Waals surface area contributed by atoms with Crippen molar-refractivity contribution in [3.8, 4) is 0 Å². The molecular weight excluding hydrogens is 129 g/mol. The normalized spacial score (nSPS) is 28.9. The van der Waals surface area contributed by atoms with Gasteiger partial charge in [-0.15, -0.1) is 0 Å². The first-order valence-corrected chi connectivity index (χ1v) is 2.55. The van der Waals surface area contributed by atoms with Crippen molar-refractivity contribution < 1.29 is 56.1 Å². The molecule has 1 heterocycles. The quantitative estimate of drug-likeness (QED) is 0.282. The van der Waals surface area contributed by atoms with Gasteiger partial charge in [0.25, 0.3) is 0 Å². The minimum absolute atomic E-state index is 0. The molecule has 8 heavy (non-hydrogen) atoms. The molecule has 0 bridgehead atoms. The van der Waals surface area contributed by atoms with Gasteiger partial charge in [-0.1, -0.05) is 6.10 Å². The number of rotatable bonds is 0. The van der Waals surface area contributed by atoms with Crippen molar-refractivity contribution in [3.63, 3.8) is 0 Å². The van der Waals surface area contributed by atoms with Crippen LogP contribution in [0.5, 0.6) is 0 Å². The molecule has 2 nitrogen and oxygen atoms in total. The van der Waals surface area contributed by atoms with Gasteiger partial charge < -0.3 is 17.0 Å². The van der Waals surface area contributed by atoms with Crippen LogP contribution in [0.3, 0.4) is 0 Å². The van der Waals surface area contributed by atoms with Crippen LogP contribution in [-0.2, 0) is 4.74 Å². The third kappa shape index (κ3) is 3.56. The number of hydrogen-bond donors (Lipinski definition) is 1. The molecule has 1 aliphatic rings. The van der Waals surface area contributed by atoms with Crippen molar-refractivity contribution in [2.75, 3.05) is 19.7 Å². The van der Waals surface area contributed by atoms with Gasteiger partial charge in [0, 0.05) is 6.54 Å². The molecule has 1 rings (SSSR count). The van der Waals surface area contributed by atoms with Crippen molar-refractivity contribution in [2.24, 2.45) is 0 Å². The topological polar surface area (TPSA) is 21.3 Å². The summed E-state index contributed by atoms with van der Waals surface area (Å²) in [6, 6.07) is 0. The maximum absolute atomic E-state index is 5.10. The molecule has 0 aromatic heterocycles. The number of nitrogens with one attached hydrogen (secondary N) is 1. The van der Waals surface area contributed by atoms with Gasteiger partial charge in [0.15, 0.2) is 0 Å². The predicted molar refractivity (Wildman–Crippen MR) is 28.0 cm³/mol. The van der Waals surface area contributed by atoms with Crippen molar-refractivity contribution in [1.29, 1.82) is 0 Å². The largest absolute Gasteiger partial charge is 1.00 e. The van der Waals surface area contributed by atoms with Crippen molar-refractivity contribution in [2.45, 2.75) is 6.10 Å². The number of morpholine rings is 1. The van der Waals surface area contributed by atoms with Crippen molar-refractivity contribution in [1.82, 2.24) is 5.32 Å². The summed E-state index contributed by atoms with van der Waals surface area (Å²) in [4.78, 5) is 0. The molecule has 42 valence electrons. The van der Waals surface area contributed by atoms with Gasteiger partial charge in [-0.2, -0.15) is 0 Å². The van der Waals surface area contributed by atoms with Gasteiger partial charge in [0.2, 0.25) is 0 Å². The van der Waals surface area contributed by atoms with Gasteiger partial charge >= 0.3 is 51.4 Å². The van der Waals surface area contributed by atoms with Crippen LogP contribution in [-0.4, -0.2) is 25.8 Å². The SMILES string of the molecule is [CH2-]C1CNCCO1.[K+]. The monoisotopic (exact) mass is 139 g/mol. The first-order chi connectivity index (χ1) is 3.39. The van der Waals surface area contributed by atoms with E-state index >= 15 is 0 Å². The average Bonchev–Trinajstić information content (AvgIpc) is 1.69. The fourth-order valence-corrected chi connectivity index (χ4v) is 0.620. The summed E-state index contributed by atoms with van der Waals surface area (Å²) in [6.07, 6.45) is 0.175. The first-order valence-electron chi connectivity index (χ1n) is 2.55. The summed E-state index contributed by atoms with van der Waals surface area (Å²) in [6.45, 7) is 6.41. The van der Waals surface area contributed by atoms with Gasteiger partial charge in [-0.05, 0) is 6.54 Å². The van der Waals surface area contributed by atoms with Crippen LogP contribution < -0.4 is 56.7 Å². The summed E-state index contributed by atoms with van der Waals surface area (Å²) < 4.78 is 5.10. The summed E-state index contributed by atoms with van der Waals surface area (Å²) in [5.74, 6) is 0. The Kier molecular flexibility index (Phi) is 6.39. The van der Waals surface area contributed by atoms with Gasteiger partial charge in [-0.25, -0.2) is 0 Å². The van der Waals surface area contributed by atoms with E-state index in [1.807, 2.05) is 0 Å². The standard InChI is InChI=1S/C5H10NO.K/c1-5-4-6-2-3-7-5;/h5-6H,1-4H2;/q-1;+1. The molecule has 3 heteroatoms. The predicted octanol–water partition coefficient (Wildman–Crippen LogP) is -3.19. The zero-order valence-electron chi connectivity index (χ0n) is 5.31. The minimum atomic E-state index is 0. The van der Waals surface area contributed by atoms with E-state index in [1.54, 1.807) is 0 Å². The Morgan fingerprint density at radius 2 is 2.38 bits per heavy atom. The molecule has 0 aliphatic carbocycles.